The number of hydrogen-bond acceptors (Lipinski definition) is 3. The maximum atomic E-state index is 9.69. The molecule has 106 valence electrons. The number of ether oxygens (including phenoxy) is 1. The third kappa shape index (κ3) is 4.44. The predicted molar refractivity (Wildman–Crippen MR) is 81.4 cm³/mol. The molecule has 2 rings (SSSR count). The Balaban J connectivity index is 1.65. The number of phenolic OH excluding ortho intramolecular Hbond substituents is 1. The second kappa shape index (κ2) is 7.78. The Morgan fingerprint density at radius 1 is 1.05 bits per heavy atom. The van der Waals surface area contributed by atoms with Crippen LogP contribution in [0.15, 0.2) is 48.5 Å². The number of nitrogens with one attached hydrogen (secondary N) is 1. The summed E-state index contributed by atoms with van der Waals surface area (Å²) in [5, 5.41) is 13.5. The Bertz CT molecular complexity index is 511. The van der Waals surface area contributed by atoms with E-state index in [1.807, 2.05) is 30.3 Å². The molecule has 0 saturated heterocycles. The highest BCUT2D eigenvalue weighted by Gasteiger charge is 2.04. The molecule has 0 radical (unpaired) electrons. The van der Waals surface area contributed by atoms with E-state index in [1.54, 1.807) is 18.2 Å². The molecule has 0 fully saturated rings. The molecular weight excluding hydrogens is 274 g/mol. The Hall–Kier alpha value is -1.71. The number of aromatic hydroxyl groups is 1. The molecule has 0 atom stereocenters. The van der Waals surface area contributed by atoms with Crippen LogP contribution in [0.2, 0.25) is 5.02 Å². The van der Waals surface area contributed by atoms with Gasteiger partial charge >= 0.3 is 0 Å². The molecule has 20 heavy (non-hydrogen) atoms. The topological polar surface area (TPSA) is 41.5 Å². The minimum Gasteiger partial charge on any atom is -0.508 e. The minimum atomic E-state index is 0.227. The molecule has 2 aromatic carbocycles. The number of halogens is 1. The van der Waals surface area contributed by atoms with Crippen molar-refractivity contribution in [2.45, 2.75) is 13.0 Å². The van der Waals surface area contributed by atoms with Crippen LogP contribution >= 0.6 is 11.6 Å². The van der Waals surface area contributed by atoms with Gasteiger partial charge in [0.15, 0.2) is 0 Å². The summed E-state index contributed by atoms with van der Waals surface area (Å²) < 4.78 is 5.59. The molecule has 0 amide bonds. The fraction of sp³-hybridized carbons (Fsp3) is 0.250. The largest absolute Gasteiger partial charge is 0.508 e. The Morgan fingerprint density at radius 2 is 1.85 bits per heavy atom. The fourth-order valence-corrected chi connectivity index (χ4v) is 2.08. The number of para-hydroxylation sites is 1. The average molecular weight is 292 g/mol. The summed E-state index contributed by atoms with van der Waals surface area (Å²) in [7, 11) is 0. The van der Waals surface area contributed by atoms with Gasteiger partial charge in [0.1, 0.15) is 11.5 Å². The Labute approximate surface area is 124 Å². The highest BCUT2D eigenvalue weighted by Crippen LogP contribution is 2.24. The number of benzene rings is 2. The van der Waals surface area contributed by atoms with Gasteiger partial charge in [0.25, 0.3) is 0 Å². The van der Waals surface area contributed by atoms with E-state index in [1.165, 1.54) is 0 Å². The zero-order valence-electron chi connectivity index (χ0n) is 11.2. The molecule has 0 aromatic heterocycles. The molecule has 0 spiro atoms. The van der Waals surface area contributed by atoms with E-state index in [-0.39, 0.29) is 5.75 Å². The van der Waals surface area contributed by atoms with Gasteiger partial charge in [0.2, 0.25) is 0 Å². The normalized spacial score (nSPS) is 10.4. The molecule has 2 aromatic rings. The van der Waals surface area contributed by atoms with Gasteiger partial charge in [-0.3, -0.25) is 0 Å². The maximum absolute atomic E-state index is 9.69. The lowest BCUT2D eigenvalue weighted by atomic mass is 10.2. The first kappa shape index (κ1) is 14.7. The highest BCUT2D eigenvalue weighted by atomic mass is 35.5. The van der Waals surface area contributed by atoms with E-state index in [0.717, 1.165) is 24.3 Å². The van der Waals surface area contributed by atoms with Crippen molar-refractivity contribution in [2.24, 2.45) is 0 Å². The van der Waals surface area contributed by atoms with Gasteiger partial charge in [-0.2, -0.15) is 0 Å². The van der Waals surface area contributed by atoms with Crippen LogP contribution in [0, 0.1) is 0 Å². The van der Waals surface area contributed by atoms with Crippen molar-refractivity contribution < 1.29 is 9.84 Å². The Kier molecular flexibility index (Phi) is 5.71. The summed E-state index contributed by atoms with van der Waals surface area (Å²) >= 11 is 6.02. The highest BCUT2D eigenvalue weighted by molar-refractivity contribution is 6.31. The molecule has 0 aliphatic carbocycles. The second-order valence-corrected chi connectivity index (χ2v) is 4.84. The number of hydrogen-bond donors (Lipinski definition) is 2. The maximum Gasteiger partial charge on any atom is 0.121 e. The van der Waals surface area contributed by atoms with Crippen LogP contribution in [-0.2, 0) is 6.54 Å². The first-order chi connectivity index (χ1) is 9.77. The zero-order chi connectivity index (χ0) is 14.2. The number of rotatable bonds is 7. The van der Waals surface area contributed by atoms with Crippen LogP contribution in [0.1, 0.15) is 12.0 Å². The van der Waals surface area contributed by atoms with Gasteiger partial charge in [0, 0.05) is 17.1 Å². The van der Waals surface area contributed by atoms with Crippen molar-refractivity contribution in [2.75, 3.05) is 13.2 Å². The van der Waals surface area contributed by atoms with Gasteiger partial charge in [0.05, 0.1) is 6.61 Å². The van der Waals surface area contributed by atoms with Crippen LogP contribution in [0.5, 0.6) is 11.5 Å². The molecule has 3 nitrogen and oxygen atoms in total. The van der Waals surface area contributed by atoms with Crippen molar-refractivity contribution in [3.63, 3.8) is 0 Å². The number of phenols is 1. The summed E-state index contributed by atoms with van der Waals surface area (Å²) in [4.78, 5) is 0. The molecule has 4 heteroatoms. The smallest absolute Gasteiger partial charge is 0.121 e. The van der Waals surface area contributed by atoms with Crippen molar-refractivity contribution in [3.8, 4) is 11.5 Å². The standard InChI is InChI=1S/C16H18ClNO2/c17-15-8-4-9-16(19)14(15)12-18-10-5-11-20-13-6-2-1-3-7-13/h1-4,6-9,18-19H,5,10-12H2. The third-order valence-electron chi connectivity index (χ3n) is 2.91. The van der Waals surface area contributed by atoms with E-state index < -0.39 is 0 Å². The van der Waals surface area contributed by atoms with Gasteiger partial charge in [-0.15, -0.1) is 0 Å². The molecule has 0 aliphatic rings. The van der Waals surface area contributed by atoms with Gasteiger partial charge in [-0.05, 0) is 37.2 Å². The lowest BCUT2D eigenvalue weighted by molar-refractivity contribution is 0.308. The quantitative estimate of drug-likeness (QED) is 0.766. The molecule has 0 unspecified atom stereocenters. The Morgan fingerprint density at radius 3 is 2.60 bits per heavy atom. The van der Waals surface area contributed by atoms with Crippen LogP contribution < -0.4 is 10.1 Å². The van der Waals surface area contributed by atoms with Crippen molar-refractivity contribution in [3.05, 3.63) is 59.1 Å². The van der Waals surface area contributed by atoms with E-state index >= 15 is 0 Å². The molecule has 0 aliphatic heterocycles. The van der Waals surface area contributed by atoms with E-state index in [4.69, 9.17) is 16.3 Å². The first-order valence-electron chi connectivity index (χ1n) is 6.62. The van der Waals surface area contributed by atoms with Crippen molar-refractivity contribution in [1.82, 2.24) is 5.32 Å². The van der Waals surface area contributed by atoms with Crippen molar-refractivity contribution >= 4 is 11.6 Å². The summed E-state index contributed by atoms with van der Waals surface area (Å²) in [5.74, 6) is 1.11. The van der Waals surface area contributed by atoms with Gasteiger partial charge in [-0.25, -0.2) is 0 Å². The van der Waals surface area contributed by atoms with E-state index in [2.05, 4.69) is 5.32 Å². The molecule has 0 heterocycles. The molecule has 0 saturated carbocycles. The monoisotopic (exact) mass is 291 g/mol. The SMILES string of the molecule is Oc1cccc(Cl)c1CNCCCOc1ccccc1. The lowest BCUT2D eigenvalue weighted by Gasteiger charge is -2.09. The average Bonchev–Trinajstić information content (AvgIpc) is 2.46. The summed E-state index contributed by atoms with van der Waals surface area (Å²) in [6.07, 6.45) is 0.889. The summed E-state index contributed by atoms with van der Waals surface area (Å²) in [6, 6.07) is 14.9. The van der Waals surface area contributed by atoms with Crippen LogP contribution in [0.3, 0.4) is 0 Å². The van der Waals surface area contributed by atoms with Gasteiger partial charge in [-0.1, -0.05) is 35.9 Å². The van der Waals surface area contributed by atoms with E-state index in [9.17, 15) is 5.11 Å². The third-order valence-corrected chi connectivity index (χ3v) is 3.26. The van der Waals surface area contributed by atoms with Crippen LogP contribution in [0.4, 0.5) is 0 Å². The lowest BCUT2D eigenvalue weighted by Crippen LogP contribution is -2.17. The fourth-order valence-electron chi connectivity index (χ4n) is 1.84. The predicted octanol–water partition coefficient (Wildman–Crippen LogP) is 3.60. The minimum absolute atomic E-state index is 0.227. The van der Waals surface area contributed by atoms with Crippen LogP contribution in [0.25, 0.3) is 0 Å². The van der Waals surface area contributed by atoms with Crippen LogP contribution in [-0.4, -0.2) is 18.3 Å². The van der Waals surface area contributed by atoms with E-state index in [0.29, 0.717) is 18.2 Å². The summed E-state index contributed by atoms with van der Waals surface area (Å²) in [6.45, 7) is 2.01. The first-order valence-corrected chi connectivity index (χ1v) is 7.00. The summed E-state index contributed by atoms with van der Waals surface area (Å²) in [5.41, 5.74) is 0.734. The molecule has 0 bridgehead atoms. The molecule has 2 N–H and O–H groups in total. The molecular formula is C16H18ClNO2. The zero-order valence-corrected chi connectivity index (χ0v) is 11.9. The van der Waals surface area contributed by atoms with Crippen molar-refractivity contribution in [1.29, 1.82) is 0 Å². The second-order valence-electron chi connectivity index (χ2n) is 4.43. The van der Waals surface area contributed by atoms with Gasteiger partial charge < -0.3 is 15.2 Å².